The molecule has 0 radical (unpaired) electrons. The number of anilines is 1. The summed E-state index contributed by atoms with van der Waals surface area (Å²) in [6.07, 6.45) is 1.26. The summed E-state index contributed by atoms with van der Waals surface area (Å²) >= 11 is 0. The number of nitrogens with one attached hydrogen (secondary N) is 1. The van der Waals surface area contributed by atoms with Crippen molar-refractivity contribution in [1.29, 1.82) is 0 Å². The Morgan fingerprint density at radius 3 is 2.61 bits per heavy atom. The monoisotopic (exact) mass is 314 g/mol. The van der Waals surface area contributed by atoms with Gasteiger partial charge < -0.3 is 10.6 Å². The van der Waals surface area contributed by atoms with Crippen LogP contribution in [0.15, 0.2) is 35.1 Å². The molecule has 0 bridgehead atoms. The Bertz CT molecular complexity index is 725. The maximum absolute atomic E-state index is 11.9. The number of hydrogen-bond donors (Lipinski definition) is 2. The average molecular weight is 314 g/mol. The average Bonchev–Trinajstić information content (AvgIpc) is 2.49. The topological polar surface area (TPSA) is 92.1 Å². The van der Waals surface area contributed by atoms with Gasteiger partial charge in [-0.3, -0.25) is 14.6 Å². The van der Waals surface area contributed by atoms with Crippen molar-refractivity contribution in [3.63, 3.8) is 0 Å². The lowest BCUT2D eigenvalue weighted by atomic mass is 10.1. The molecular weight excluding hydrogens is 292 g/mol. The van der Waals surface area contributed by atoms with Crippen LogP contribution >= 0.6 is 0 Å². The Hall–Kier alpha value is -2.63. The first-order valence-corrected chi connectivity index (χ1v) is 7.62. The summed E-state index contributed by atoms with van der Waals surface area (Å²) in [5, 5.41) is 0. The molecule has 0 fully saturated rings. The van der Waals surface area contributed by atoms with Crippen molar-refractivity contribution in [3.05, 3.63) is 57.5 Å². The lowest BCUT2D eigenvalue weighted by Crippen LogP contribution is -2.30. The van der Waals surface area contributed by atoms with E-state index in [9.17, 15) is 9.59 Å². The van der Waals surface area contributed by atoms with Crippen LogP contribution in [-0.2, 0) is 17.8 Å². The summed E-state index contributed by atoms with van der Waals surface area (Å²) < 4.78 is 0. The van der Waals surface area contributed by atoms with Crippen LogP contribution < -0.4 is 11.3 Å². The zero-order valence-electron chi connectivity index (χ0n) is 13.5. The number of nitrogen functional groups attached to an aromatic ring is 1. The minimum atomic E-state index is -0.201. The van der Waals surface area contributed by atoms with Crippen LogP contribution in [0.3, 0.4) is 0 Å². The Morgan fingerprint density at radius 2 is 2.00 bits per heavy atom. The second-order valence-corrected chi connectivity index (χ2v) is 5.54. The van der Waals surface area contributed by atoms with E-state index in [0.717, 1.165) is 5.56 Å². The number of aromatic nitrogens is 2. The molecule has 1 heterocycles. The van der Waals surface area contributed by atoms with Gasteiger partial charge in [-0.1, -0.05) is 30.3 Å². The van der Waals surface area contributed by atoms with Gasteiger partial charge in [-0.05, 0) is 25.3 Å². The highest BCUT2D eigenvalue weighted by Crippen LogP contribution is 2.08. The Morgan fingerprint density at radius 1 is 1.30 bits per heavy atom. The van der Waals surface area contributed by atoms with Crippen LogP contribution in [0, 0.1) is 6.92 Å². The lowest BCUT2D eigenvalue weighted by molar-refractivity contribution is -0.129. The molecule has 2 aromatic rings. The fourth-order valence-electron chi connectivity index (χ4n) is 2.52. The third-order valence-corrected chi connectivity index (χ3v) is 3.76. The van der Waals surface area contributed by atoms with E-state index in [0.29, 0.717) is 37.2 Å². The zero-order chi connectivity index (χ0) is 16.8. The molecule has 6 nitrogen and oxygen atoms in total. The van der Waals surface area contributed by atoms with Gasteiger partial charge in [0.15, 0.2) is 0 Å². The Labute approximate surface area is 135 Å². The number of benzene rings is 1. The van der Waals surface area contributed by atoms with Crippen LogP contribution in [0.4, 0.5) is 5.95 Å². The molecular formula is C17H22N4O2. The van der Waals surface area contributed by atoms with Gasteiger partial charge in [-0.2, -0.15) is 0 Å². The molecule has 0 aliphatic rings. The molecule has 3 N–H and O–H groups in total. The number of nitrogens with two attached hydrogens (primary N) is 1. The standard InChI is InChI=1S/C17H22N4O2/c1-12-15(16(23)20-17(18)19-12)9-6-10-21(13(2)22)11-14-7-4-3-5-8-14/h3-5,7-8H,6,9-11H2,1-2H3,(H3,18,19,20,23). The number of rotatable bonds is 6. The van der Waals surface area contributed by atoms with Crippen molar-refractivity contribution in [2.75, 3.05) is 12.3 Å². The fourth-order valence-corrected chi connectivity index (χ4v) is 2.52. The number of H-pyrrole nitrogens is 1. The maximum atomic E-state index is 11.9. The quantitative estimate of drug-likeness (QED) is 0.848. The van der Waals surface area contributed by atoms with E-state index in [1.165, 1.54) is 0 Å². The fraction of sp³-hybridized carbons (Fsp3) is 0.353. The minimum Gasteiger partial charge on any atom is -0.369 e. The summed E-state index contributed by atoms with van der Waals surface area (Å²) in [5.41, 5.74) is 7.67. The molecule has 0 unspecified atom stereocenters. The predicted octanol–water partition coefficient (Wildman–Crippen LogP) is 1.64. The molecule has 0 aliphatic carbocycles. The van der Waals surface area contributed by atoms with E-state index in [-0.39, 0.29) is 17.4 Å². The molecule has 23 heavy (non-hydrogen) atoms. The van der Waals surface area contributed by atoms with E-state index < -0.39 is 0 Å². The van der Waals surface area contributed by atoms with Crippen LogP contribution in [0.1, 0.15) is 30.2 Å². The Kier molecular flexibility index (Phi) is 5.51. The molecule has 2 rings (SSSR count). The second-order valence-electron chi connectivity index (χ2n) is 5.54. The third-order valence-electron chi connectivity index (χ3n) is 3.76. The number of nitrogens with zero attached hydrogens (tertiary/aromatic N) is 2. The SMILES string of the molecule is CC(=O)N(CCCc1c(C)nc(N)[nH]c1=O)Cc1ccccc1. The van der Waals surface area contributed by atoms with Gasteiger partial charge in [0.1, 0.15) is 0 Å². The van der Waals surface area contributed by atoms with Gasteiger partial charge in [0.25, 0.3) is 5.56 Å². The van der Waals surface area contributed by atoms with Crippen LogP contribution in [0.5, 0.6) is 0 Å². The first-order valence-electron chi connectivity index (χ1n) is 7.62. The largest absolute Gasteiger partial charge is 0.369 e. The van der Waals surface area contributed by atoms with Crippen LogP contribution in [-0.4, -0.2) is 27.3 Å². The van der Waals surface area contributed by atoms with Gasteiger partial charge in [-0.15, -0.1) is 0 Å². The summed E-state index contributed by atoms with van der Waals surface area (Å²) in [5.74, 6) is 0.153. The van der Waals surface area contributed by atoms with E-state index in [2.05, 4.69) is 9.97 Å². The molecule has 122 valence electrons. The van der Waals surface area contributed by atoms with E-state index in [1.807, 2.05) is 30.3 Å². The second kappa shape index (κ2) is 7.58. The molecule has 0 saturated carbocycles. The number of aryl methyl sites for hydroxylation is 1. The van der Waals surface area contributed by atoms with Crippen molar-refractivity contribution in [3.8, 4) is 0 Å². The number of aromatic amines is 1. The highest BCUT2D eigenvalue weighted by molar-refractivity contribution is 5.73. The number of carbonyl (C=O) groups excluding carboxylic acids is 1. The lowest BCUT2D eigenvalue weighted by Gasteiger charge is -2.21. The van der Waals surface area contributed by atoms with E-state index in [4.69, 9.17) is 5.73 Å². The van der Waals surface area contributed by atoms with Gasteiger partial charge in [0.2, 0.25) is 11.9 Å². The number of carbonyl (C=O) groups is 1. The summed E-state index contributed by atoms with van der Waals surface area (Å²) in [7, 11) is 0. The molecule has 0 atom stereocenters. The van der Waals surface area contributed by atoms with Crippen molar-refractivity contribution in [2.45, 2.75) is 33.2 Å². The summed E-state index contributed by atoms with van der Waals surface area (Å²) in [6, 6.07) is 9.85. The van der Waals surface area contributed by atoms with Crippen LogP contribution in [0.25, 0.3) is 0 Å². The van der Waals surface area contributed by atoms with Crippen LogP contribution in [0.2, 0.25) is 0 Å². The molecule has 1 amide bonds. The minimum absolute atomic E-state index is 0.0231. The highest BCUT2D eigenvalue weighted by atomic mass is 16.2. The normalized spacial score (nSPS) is 10.5. The van der Waals surface area contributed by atoms with Crippen molar-refractivity contribution in [1.82, 2.24) is 14.9 Å². The van der Waals surface area contributed by atoms with Crippen molar-refractivity contribution < 1.29 is 4.79 Å². The smallest absolute Gasteiger partial charge is 0.255 e. The van der Waals surface area contributed by atoms with Gasteiger partial charge in [-0.25, -0.2) is 4.98 Å². The molecule has 0 spiro atoms. The molecule has 0 saturated heterocycles. The first kappa shape index (κ1) is 16.7. The number of amides is 1. The van der Waals surface area contributed by atoms with E-state index >= 15 is 0 Å². The molecule has 6 heteroatoms. The Balaban J connectivity index is 1.98. The predicted molar refractivity (Wildman–Crippen MR) is 89.9 cm³/mol. The summed E-state index contributed by atoms with van der Waals surface area (Å²) in [6.45, 7) is 4.50. The molecule has 1 aromatic carbocycles. The van der Waals surface area contributed by atoms with E-state index in [1.54, 1.807) is 18.7 Å². The van der Waals surface area contributed by atoms with Crippen molar-refractivity contribution >= 4 is 11.9 Å². The highest BCUT2D eigenvalue weighted by Gasteiger charge is 2.11. The van der Waals surface area contributed by atoms with Gasteiger partial charge in [0.05, 0.1) is 0 Å². The molecule has 1 aromatic heterocycles. The maximum Gasteiger partial charge on any atom is 0.255 e. The first-order chi connectivity index (χ1) is 11.0. The third kappa shape index (κ3) is 4.67. The van der Waals surface area contributed by atoms with Crippen molar-refractivity contribution in [2.24, 2.45) is 0 Å². The molecule has 0 aliphatic heterocycles. The summed E-state index contributed by atoms with van der Waals surface area (Å²) in [4.78, 5) is 32.1. The number of hydrogen-bond acceptors (Lipinski definition) is 4. The zero-order valence-corrected chi connectivity index (χ0v) is 13.5. The van der Waals surface area contributed by atoms with Gasteiger partial charge >= 0.3 is 0 Å². The van der Waals surface area contributed by atoms with Gasteiger partial charge in [0, 0.05) is 31.3 Å².